The van der Waals surface area contributed by atoms with Crippen LogP contribution in [0.5, 0.6) is 0 Å². The number of nitrogens with zero attached hydrogens (tertiary/aromatic N) is 3. The van der Waals surface area contributed by atoms with Crippen LogP contribution in [0.25, 0.3) is 10.9 Å². The van der Waals surface area contributed by atoms with Crippen LogP contribution in [0.3, 0.4) is 0 Å². The van der Waals surface area contributed by atoms with Gasteiger partial charge in [-0.1, -0.05) is 24.3 Å². The van der Waals surface area contributed by atoms with Crippen molar-refractivity contribution < 1.29 is 9.21 Å². The minimum absolute atomic E-state index is 0.221. The number of hydrogen-bond acceptors (Lipinski definition) is 5. The molecule has 1 aromatic carbocycles. The van der Waals surface area contributed by atoms with Gasteiger partial charge in [0.15, 0.2) is 5.76 Å². The number of aromatic nitrogens is 3. The maximum Gasteiger partial charge on any atom is 0.287 e. The summed E-state index contributed by atoms with van der Waals surface area (Å²) in [4.78, 5) is 24.5. The fourth-order valence-electron chi connectivity index (χ4n) is 2.29. The van der Waals surface area contributed by atoms with Crippen LogP contribution in [0.15, 0.2) is 51.9 Å². The van der Waals surface area contributed by atoms with E-state index in [1.54, 1.807) is 36.4 Å². The van der Waals surface area contributed by atoms with Crippen molar-refractivity contribution in [3.05, 3.63) is 58.8 Å². The minimum atomic E-state index is -0.316. The van der Waals surface area contributed by atoms with Crippen LogP contribution in [0.1, 0.15) is 23.9 Å². The first-order valence-corrected chi connectivity index (χ1v) is 7.36. The summed E-state index contributed by atoms with van der Waals surface area (Å²) in [6.45, 7) is 2.17. The molecule has 118 valence electrons. The van der Waals surface area contributed by atoms with Crippen LogP contribution in [0, 0.1) is 0 Å². The number of fused-ring (bicyclic) bond motifs is 1. The minimum Gasteiger partial charge on any atom is -0.459 e. The van der Waals surface area contributed by atoms with Gasteiger partial charge in [0, 0.05) is 6.04 Å². The van der Waals surface area contributed by atoms with Crippen molar-refractivity contribution >= 4 is 16.8 Å². The highest BCUT2D eigenvalue weighted by molar-refractivity contribution is 5.91. The molecular formula is C16H16N4O3. The number of hydrogen-bond donors (Lipinski definition) is 1. The first kappa shape index (κ1) is 15.0. The van der Waals surface area contributed by atoms with E-state index in [-0.39, 0.29) is 29.8 Å². The standard InChI is InChI=1S/C16H16N4O3/c1-2-11(17-15(21)14-8-5-9-23-14)10-20-16(22)12-6-3-4-7-13(12)18-19-20/h3-9,11H,2,10H2,1H3,(H,17,21)/t11-/m0/s1. The molecule has 0 aliphatic rings. The molecule has 0 aliphatic heterocycles. The number of nitrogens with one attached hydrogen (secondary N) is 1. The van der Waals surface area contributed by atoms with Crippen molar-refractivity contribution in [2.45, 2.75) is 25.9 Å². The lowest BCUT2D eigenvalue weighted by Gasteiger charge is -2.16. The third-order valence-corrected chi connectivity index (χ3v) is 3.60. The Bertz CT molecular complexity index is 870. The van der Waals surface area contributed by atoms with Gasteiger partial charge in [-0.15, -0.1) is 5.10 Å². The Morgan fingerprint density at radius 2 is 2.13 bits per heavy atom. The smallest absolute Gasteiger partial charge is 0.287 e. The van der Waals surface area contributed by atoms with Crippen molar-refractivity contribution in [3.63, 3.8) is 0 Å². The second-order valence-corrected chi connectivity index (χ2v) is 5.15. The van der Waals surface area contributed by atoms with Gasteiger partial charge in [-0.2, -0.15) is 0 Å². The second-order valence-electron chi connectivity index (χ2n) is 5.15. The topological polar surface area (TPSA) is 90.0 Å². The van der Waals surface area contributed by atoms with Crippen LogP contribution < -0.4 is 10.9 Å². The first-order chi connectivity index (χ1) is 11.2. The number of carbonyl (C=O) groups excluding carboxylic acids is 1. The Morgan fingerprint density at radius 1 is 1.30 bits per heavy atom. The quantitative estimate of drug-likeness (QED) is 0.772. The molecule has 3 aromatic rings. The average Bonchev–Trinajstić information content (AvgIpc) is 3.11. The summed E-state index contributed by atoms with van der Waals surface area (Å²) in [7, 11) is 0. The number of carbonyl (C=O) groups is 1. The molecule has 0 aliphatic carbocycles. The maximum absolute atomic E-state index is 12.4. The van der Waals surface area contributed by atoms with E-state index < -0.39 is 0 Å². The van der Waals surface area contributed by atoms with Gasteiger partial charge < -0.3 is 9.73 Å². The van der Waals surface area contributed by atoms with E-state index in [4.69, 9.17) is 4.42 Å². The molecule has 0 unspecified atom stereocenters. The lowest BCUT2D eigenvalue weighted by molar-refractivity contribution is 0.0902. The van der Waals surface area contributed by atoms with Crippen LogP contribution in [-0.4, -0.2) is 26.9 Å². The summed E-state index contributed by atoms with van der Waals surface area (Å²) < 4.78 is 6.34. The number of amides is 1. The summed E-state index contributed by atoms with van der Waals surface area (Å²) in [5.41, 5.74) is 0.336. The summed E-state index contributed by atoms with van der Waals surface area (Å²) in [5.74, 6) is -0.0796. The molecule has 2 heterocycles. The third kappa shape index (κ3) is 3.13. The van der Waals surface area contributed by atoms with Crippen LogP contribution >= 0.6 is 0 Å². The lowest BCUT2D eigenvalue weighted by Crippen LogP contribution is -2.40. The maximum atomic E-state index is 12.4. The Labute approximate surface area is 131 Å². The fraction of sp³-hybridized carbons (Fsp3) is 0.250. The number of benzene rings is 1. The highest BCUT2D eigenvalue weighted by Crippen LogP contribution is 2.05. The number of furan rings is 1. The van der Waals surface area contributed by atoms with E-state index in [2.05, 4.69) is 15.6 Å². The van der Waals surface area contributed by atoms with Crippen molar-refractivity contribution in [1.82, 2.24) is 20.3 Å². The molecule has 7 heteroatoms. The third-order valence-electron chi connectivity index (χ3n) is 3.60. The fourth-order valence-corrected chi connectivity index (χ4v) is 2.29. The highest BCUT2D eigenvalue weighted by Gasteiger charge is 2.16. The van der Waals surface area contributed by atoms with E-state index >= 15 is 0 Å². The van der Waals surface area contributed by atoms with E-state index in [9.17, 15) is 9.59 Å². The zero-order valence-corrected chi connectivity index (χ0v) is 12.6. The van der Waals surface area contributed by atoms with E-state index in [1.165, 1.54) is 10.9 Å². The van der Waals surface area contributed by atoms with E-state index in [1.807, 2.05) is 6.92 Å². The SMILES string of the molecule is CC[C@@H](Cn1nnc2ccccc2c1=O)NC(=O)c1ccco1. The van der Waals surface area contributed by atoms with Crippen LogP contribution in [0.2, 0.25) is 0 Å². The van der Waals surface area contributed by atoms with Gasteiger partial charge in [0.1, 0.15) is 5.52 Å². The van der Waals surface area contributed by atoms with Crippen molar-refractivity contribution in [1.29, 1.82) is 0 Å². The molecule has 1 atom stereocenters. The van der Waals surface area contributed by atoms with Crippen molar-refractivity contribution in [2.24, 2.45) is 0 Å². The van der Waals surface area contributed by atoms with Gasteiger partial charge in [-0.3, -0.25) is 9.59 Å². The molecule has 2 aromatic heterocycles. The Hall–Kier alpha value is -2.96. The average molecular weight is 312 g/mol. The first-order valence-electron chi connectivity index (χ1n) is 7.36. The molecule has 7 nitrogen and oxygen atoms in total. The normalized spacial score (nSPS) is 12.2. The summed E-state index contributed by atoms with van der Waals surface area (Å²) in [5, 5.41) is 11.3. The summed E-state index contributed by atoms with van der Waals surface area (Å²) >= 11 is 0. The molecule has 0 saturated heterocycles. The van der Waals surface area contributed by atoms with Gasteiger partial charge in [0.05, 0.1) is 18.2 Å². The summed E-state index contributed by atoms with van der Waals surface area (Å²) in [6, 6.07) is 10.0. The van der Waals surface area contributed by atoms with Gasteiger partial charge in [-0.05, 0) is 30.7 Å². The zero-order valence-electron chi connectivity index (χ0n) is 12.6. The van der Waals surface area contributed by atoms with E-state index in [0.29, 0.717) is 17.3 Å². The predicted octanol–water partition coefficient (Wildman–Crippen LogP) is 1.59. The van der Waals surface area contributed by atoms with E-state index in [0.717, 1.165) is 0 Å². The molecule has 1 amide bonds. The largest absolute Gasteiger partial charge is 0.459 e. The Morgan fingerprint density at radius 3 is 2.87 bits per heavy atom. The molecular weight excluding hydrogens is 296 g/mol. The number of rotatable bonds is 5. The van der Waals surface area contributed by atoms with Crippen LogP contribution in [0.4, 0.5) is 0 Å². The highest BCUT2D eigenvalue weighted by atomic mass is 16.3. The monoisotopic (exact) mass is 312 g/mol. The molecule has 23 heavy (non-hydrogen) atoms. The molecule has 0 bridgehead atoms. The Balaban J connectivity index is 1.80. The molecule has 0 fully saturated rings. The van der Waals surface area contributed by atoms with Gasteiger partial charge >= 0.3 is 0 Å². The molecule has 0 spiro atoms. The van der Waals surface area contributed by atoms with Gasteiger partial charge in [0.25, 0.3) is 11.5 Å². The van der Waals surface area contributed by atoms with Gasteiger partial charge in [0.2, 0.25) is 0 Å². The molecule has 0 saturated carbocycles. The Kier molecular flexibility index (Phi) is 4.18. The predicted molar refractivity (Wildman–Crippen MR) is 84.1 cm³/mol. The van der Waals surface area contributed by atoms with Crippen molar-refractivity contribution in [3.8, 4) is 0 Å². The second kappa shape index (κ2) is 6.43. The molecule has 0 radical (unpaired) electrons. The lowest BCUT2D eigenvalue weighted by atomic mass is 10.2. The summed E-state index contributed by atoms with van der Waals surface area (Å²) in [6.07, 6.45) is 2.09. The zero-order chi connectivity index (χ0) is 16.2. The van der Waals surface area contributed by atoms with Gasteiger partial charge in [-0.25, -0.2) is 4.68 Å². The molecule has 3 rings (SSSR count). The van der Waals surface area contributed by atoms with Crippen molar-refractivity contribution in [2.75, 3.05) is 0 Å². The van der Waals surface area contributed by atoms with Crippen LogP contribution in [-0.2, 0) is 6.54 Å². The molecule has 1 N–H and O–H groups in total.